The molecule has 2 aromatic rings. The van der Waals surface area contributed by atoms with Gasteiger partial charge in [-0.15, -0.1) is 0 Å². The van der Waals surface area contributed by atoms with E-state index in [1.165, 1.54) is 24.0 Å². The van der Waals surface area contributed by atoms with Crippen molar-refractivity contribution in [2.75, 3.05) is 5.32 Å². The van der Waals surface area contributed by atoms with Crippen LogP contribution in [0.3, 0.4) is 0 Å². The van der Waals surface area contributed by atoms with E-state index < -0.39 is 6.10 Å². The Kier molecular flexibility index (Phi) is 6.84. The Morgan fingerprint density at radius 1 is 1.04 bits per heavy atom. The van der Waals surface area contributed by atoms with Crippen molar-refractivity contribution >= 4 is 11.6 Å². The topological polar surface area (TPSA) is 38.3 Å². The third-order valence-electron chi connectivity index (χ3n) is 4.44. The number of carbonyl (C=O) groups is 1. The first-order valence-corrected chi connectivity index (χ1v) is 9.46. The van der Waals surface area contributed by atoms with Gasteiger partial charge in [0, 0.05) is 5.69 Å². The molecule has 1 N–H and O–H groups in total. The van der Waals surface area contributed by atoms with Crippen LogP contribution in [0.5, 0.6) is 5.75 Å². The normalized spacial score (nSPS) is 12.5. The van der Waals surface area contributed by atoms with Gasteiger partial charge in [0.1, 0.15) is 5.75 Å². The summed E-state index contributed by atoms with van der Waals surface area (Å²) >= 11 is 0. The predicted octanol–water partition coefficient (Wildman–Crippen LogP) is 5.73. The highest BCUT2D eigenvalue weighted by Crippen LogP contribution is 2.24. The monoisotopic (exact) mass is 353 g/mol. The maximum Gasteiger partial charge on any atom is 0.265 e. The second kappa shape index (κ2) is 8.88. The van der Waals surface area contributed by atoms with Crippen molar-refractivity contribution in [3.05, 3.63) is 59.7 Å². The van der Waals surface area contributed by atoms with E-state index in [1.54, 1.807) is 6.92 Å². The van der Waals surface area contributed by atoms with Gasteiger partial charge in [-0.05, 0) is 60.6 Å². The fourth-order valence-corrected chi connectivity index (χ4v) is 2.67. The summed E-state index contributed by atoms with van der Waals surface area (Å²) in [5.74, 6) is 0.557. The smallest absolute Gasteiger partial charge is 0.265 e. The number of carbonyl (C=O) groups excluding carboxylic acids is 1. The van der Waals surface area contributed by atoms with E-state index in [4.69, 9.17) is 4.74 Å². The summed E-state index contributed by atoms with van der Waals surface area (Å²) in [7, 11) is 0. The summed E-state index contributed by atoms with van der Waals surface area (Å²) in [6.45, 7) is 10.5. The van der Waals surface area contributed by atoms with Gasteiger partial charge in [-0.1, -0.05) is 58.4 Å². The molecule has 0 saturated carbocycles. The number of hydrogen-bond donors (Lipinski definition) is 1. The molecule has 1 atom stereocenters. The van der Waals surface area contributed by atoms with Crippen molar-refractivity contribution in [1.29, 1.82) is 0 Å². The lowest BCUT2D eigenvalue weighted by molar-refractivity contribution is -0.122. The molecule has 2 rings (SSSR count). The number of unbranched alkanes of at least 4 members (excludes halogenated alkanes) is 1. The molecule has 0 aliphatic heterocycles. The Hall–Kier alpha value is -2.29. The molecule has 140 valence electrons. The average molecular weight is 354 g/mol. The maximum absolute atomic E-state index is 12.4. The maximum atomic E-state index is 12.4. The summed E-state index contributed by atoms with van der Waals surface area (Å²) in [5, 5.41) is 2.92. The Morgan fingerprint density at radius 2 is 1.65 bits per heavy atom. The van der Waals surface area contributed by atoms with Crippen molar-refractivity contribution in [1.82, 2.24) is 0 Å². The van der Waals surface area contributed by atoms with Crippen molar-refractivity contribution in [3.63, 3.8) is 0 Å². The molecule has 0 aromatic heterocycles. The van der Waals surface area contributed by atoms with Gasteiger partial charge in [0.25, 0.3) is 5.91 Å². The minimum Gasteiger partial charge on any atom is -0.481 e. The molecule has 0 unspecified atom stereocenters. The number of nitrogens with one attached hydrogen (secondary N) is 1. The van der Waals surface area contributed by atoms with Crippen LogP contribution < -0.4 is 10.1 Å². The summed E-state index contributed by atoms with van der Waals surface area (Å²) in [4.78, 5) is 12.4. The standard InChI is InChI=1S/C23H31NO2/c1-6-7-8-18-9-13-20(14-10-18)24-22(25)17(2)26-21-15-11-19(12-16-21)23(3,4)5/h9-17H,6-8H2,1-5H3,(H,24,25)/t17-/m0/s1. The number of hydrogen-bond acceptors (Lipinski definition) is 2. The third kappa shape index (κ3) is 5.91. The van der Waals surface area contributed by atoms with Crippen molar-refractivity contribution in [3.8, 4) is 5.75 Å². The molecule has 0 bridgehead atoms. The van der Waals surface area contributed by atoms with E-state index in [9.17, 15) is 4.79 Å². The summed E-state index contributed by atoms with van der Waals surface area (Å²) < 4.78 is 5.78. The van der Waals surface area contributed by atoms with E-state index in [0.29, 0.717) is 5.75 Å². The molecular formula is C23H31NO2. The van der Waals surface area contributed by atoms with Gasteiger partial charge < -0.3 is 10.1 Å². The molecule has 0 aliphatic carbocycles. The van der Waals surface area contributed by atoms with Crippen LogP contribution in [-0.2, 0) is 16.6 Å². The number of rotatable bonds is 7. The zero-order valence-corrected chi connectivity index (χ0v) is 16.6. The lowest BCUT2D eigenvalue weighted by Gasteiger charge is -2.20. The quantitative estimate of drug-likeness (QED) is 0.690. The number of anilines is 1. The SMILES string of the molecule is CCCCc1ccc(NC(=O)[C@H](C)Oc2ccc(C(C)(C)C)cc2)cc1. The molecule has 0 aliphatic rings. The number of benzene rings is 2. The van der Waals surface area contributed by atoms with E-state index in [-0.39, 0.29) is 11.3 Å². The van der Waals surface area contributed by atoms with Gasteiger partial charge in [-0.3, -0.25) is 4.79 Å². The minimum absolute atomic E-state index is 0.102. The fraction of sp³-hybridized carbons (Fsp3) is 0.435. The van der Waals surface area contributed by atoms with E-state index >= 15 is 0 Å². The van der Waals surface area contributed by atoms with Gasteiger partial charge >= 0.3 is 0 Å². The lowest BCUT2D eigenvalue weighted by atomic mass is 9.87. The van der Waals surface area contributed by atoms with Crippen molar-refractivity contribution < 1.29 is 9.53 Å². The molecule has 2 aromatic carbocycles. The Morgan fingerprint density at radius 3 is 2.19 bits per heavy atom. The molecule has 0 radical (unpaired) electrons. The molecule has 1 amide bonds. The molecule has 3 heteroatoms. The van der Waals surface area contributed by atoms with E-state index in [2.05, 4.69) is 57.3 Å². The van der Waals surface area contributed by atoms with Gasteiger partial charge in [-0.2, -0.15) is 0 Å². The molecular weight excluding hydrogens is 322 g/mol. The molecule has 0 saturated heterocycles. The second-order valence-corrected chi connectivity index (χ2v) is 7.82. The van der Waals surface area contributed by atoms with Crippen LogP contribution in [0.4, 0.5) is 5.69 Å². The molecule has 0 fully saturated rings. The molecule has 26 heavy (non-hydrogen) atoms. The second-order valence-electron chi connectivity index (χ2n) is 7.82. The minimum atomic E-state index is -0.560. The third-order valence-corrected chi connectivity index (χ3v) is 4.44. The largest absolute Gasteiger partial charge is 0.481 e. The number of aryl methyl sites for hydroxylation is 1. The van der Waals surface area contributed by atoms with Crippen LogP contribution in [-0.4, -0.2) is 12.0 Å². The number of amides is 1. The summed E-state index contributed by atoms with van der Waals surface area (Å²) in [5.41, 5.74) is 3.44. The summed E-state index contributed by atoms with van der Waals surface area (Å²) in [6, 6.07) is 16.0. The van der Waals surface area contributed by atoms with Gasteiger partial charge in [0.2, 0.25) is 0 Å². The Balaban J connectivity index is 1.91. The Bertz CT molecular complexity index is 696. The highest BCUT2D eigenvalue weighted by atomic mass is 16.5. The highest BCUT2D eigenvalue weighted by Gasteiger charge is 2.16. The zero-order chi connectivity index (χ0) is 19.2. The Labute approximate surface area is 157 Å². The first-order valence-electron chi connectivity index (χ1n) is 9.46. The van der Waals surface area contributed by atoms with Crippen LogP contribution in [0, 0.1) is 0 Å². The summed E-state index contributed by atoms with van der Waals surface area (Å²) in [6.07, 6.45) is 2.89. The molecule has 0 spiro atoms. The average Bonchev–Trinajstić information content (AvgIpc) is 2.60. The first kappa shape index (κ1) is 20.0. The molecule has 0 heterocycles. The lowest BCUT2D eigenvalue weighted by Crippen LogP contribution is -2.30. The van der Waals surface area contributed by atoms with Crippen LogP contribution in [0.2, 0.25) is 0 Å². The van der Waals surface area contributed by atoms with E-state index in [1.807, 2.05) is 24.3 Å². The van der Waals surface area contributed by atoms with Gasteiger partial charge in [0.05, 0.1) is 0 Å². The first-order chi connectivity index (χ1) is 12.3. The molecule has 3 nitrogen and oxygen atoms in total. The highest BCUT2D eigenvalue weighted by molar-refractivity contribution is 5.94. The van der Waals surface area contributed by atoms with Crippen LogP contribution >= 0.6 is 0 Å². The van der Waals surface area contributed by atoms with Crippen molar-refractivity contribution in [2.45, 2.75) is 65.4 Å². The van der Waals surface area contributed by atoms with Gasteiger partial charge in [-0.25, -0.2) is 0 Å². The zero-order valence-electron chi connectivity index (χ0n) is 16.6. The van der Waals surface area contributed by atoms with Crippen LogP contribution in [0.1, 0.15) is 58.6 Å². The van der Waals surface area contributed by atoms with Gasteiger partial charge in [0.15, 0.2) is 6.10 Å². The fourth-order valence-electron chi connectivity index (χ4n) is 2.67. The van der Waals surface area contributed by atoms with E-state index in [0.717, 1.165) is 12.1 Å². The van der Waals surface area contributed by atoms with Crippen LogP contribution in [0.15, 0.2) is 48.5 Å². The van der Waals surface area contributed by atoms with Crippen molar-refractivity contribution in [2.24, 2.45) is 0 Å². The number of ether oxygens (including phenoxy) is 1. The predicted molar refractivity (Wildman–Crippen MR) is 109 cm³/mol. The van der Waals surface area contributed by atoms with Crippen LogP contribution in [0.25, 0.3) is 0 Å².